The molecule has 10 nitrogen and oxygen atoms in total. The van der Waals surface area contributed by atoms with Gasteiger partial charge < -0.3 is 26.0 Å². The first kappa shape index (κ1) is 30.4. The molecule has 4 N–H and O–H groups in total. The summed E-state index contributed by atoms with van der Waals surface area (Å²) >= 11 is 0. The summed E-state index contributed by atoms with van der Waals surface area (Å²) in [6, 6.07) is 6.87. The van der Waals surface area contributed by atoms with Crippen LogP contribution in [0.1, 0.15) is 71.8 Å². The zero-order valence-electron chi connectivity index (χ0n) is 23.9. The molecule has 0 aromatic heterocycles. The summed E-state index contributed by atoms with van der Waals surface area (Å²) in [4.78, 5) is 55.8. The van der Waals surface area contributed by atoms with Gasteiger partial charge in [0.1, 0.15) is 23.7 Å². The number of rotatable bonds is 8. The van der Waals surface area contributed by atoms with Crippen LogP contribution in [-0.2, 0) is 25.7 Å². The summed E-state index contributed by atoms with van der Waals surface area (Å²) in [7, 11) is 1.50. The van der Waals surface area contributed by atoms with E-state index in [1.165, 1.54) is 16.8 Å². The molecule has 2 aliphatic rings. The Labute approximate surface area is 232 Å². The van der Waals surface area contributed by atoms with Crippen molar-refractivity contribution in [2.75, 3.05) is 13.6 Å². The monoisotopic (exact) mass is 543 g/mol. The lowest BCUT2D eigenvalue weighted by atomic mass is 9.83. The van der Waals surface area contributed by atoms with Crippen LogP contribution >= 0.6 is 0 Å². The maximum Gasteiger partial charge on any atom is 0.410 e. The van der Waals surface area contributed by atoms with Gasteiger partial charge in [-0.15, -0.1) is 0 Å². The van der Waals surface area contributed by atoms with E-state index in [9.17, 15) is 19.2 Å². The number of nitrogens with one attached hydrogen (secondary N) is 2. The molecule has 0 unspecified atom stereocenters. The molecule has 1 saturated heterocycles. The van der Waals surface area contributed by atoms with Crippen LogP contribution in [0.25, 0.3) is 0 Å². The van der Waals surface area contributed by atoms with Crippen LogP contribution in [0.15, 0.2) is 30.3 Å². The molecule has 4 atom stereocenters. The number of hydrogen-bond acceptors (Lipinski definition) is 6. The molecule has 216 valence electrons. The Kier molecular flexibility index (Phi) is 10.4. The molecule has 1 saturated carbocycles. The van der Waals surface area contributed by atoms with E-state index >= 15 is 0 Å². The first-order valence-corrected chi connectivity index (χ1v) is 14.0. The summed E-state index contributed by atoms with van der Waals surface area (Å²) in [6.45, 7) is 7.48. The van der Waals surface area contributed by atoms with E-state index in [2.05, 4.69) is 10.6 Å². The van der Waals surface area contributed by atoms with Gasteiger partial charge in [-0.25, -0.2) is 4.79 Å². The second kappa shape index (κ2) is 13.3. The molecular formula is C29H45N5O5. The molecule has 3 rings (SSSR count). The molecule has 0 bridgehead atoms. The first-order valence-electron chi connectivity index (χ1n) is 14.0. The van der Waals surface area contributed by atoms with Crippen molar-refractivity contribution in [1.82, 2.24) is 20.4 Å². The van der Waals surface area contributed by atoms with Crippen molar-refractivity contribution < 1.29 is 23.9 Å². The van der Waals surface area contributed by atoms with Crippen molar-refractivity contribution in [3.63, 3.8) is 0 Å². The SMILES string of the molecule is C[C@@H](C(=O)N[C@H](C(=O)N1C[C@@H](N)C[C@H]1C(=O)NCc1ccccc1)C1CCCCC1)N(C)C(=O)OC(C)(C)C. The Morgan fingerprint density at radius 1 is 1.10 bits per heavy atom. The van der Waals surface area contributed by atoms with Gasteiger partial charge >= 0.3 is 6.09 Å². The highest BCUT2D eigenvalue weighted by Crippen LogP contribution is 2.29. The van der Waals surface area contributed by atoms with E-state index in [0.29, 0.717) is 13.0 Å². The van der Waals surface area contributed by atoms with Crippen LogP contribution in [0.2, 0.25) is 0 Å². The molecule has 1 aromatic rings. The smallest absolute Gasteiger partial charge is 0.410 e. The van der Waals surface area contributed by atoms with Crippen LogP contribution in [0.4, 0.5) is 4.79 Å². The average Bonchev–Trinajstić information content (AvgIpc) is 3.30. The highest BCUT2D eigenvalue weighted by atomic mass is 16.6. The Morgan fingerprint density at radius 2 is 1.74 bits per heavy atom. The maximum atomic E-state index is 14.0. The number of ether oxygens (including phenoxy) is 1. The molecule has 0 radical (unpaired) electrons. The lowest BCUT2D eigenvalue weighted by Crippen LogP contribution is -2.59. The highest BCUT2D eigenvalue weighted by molar-refractivity contribution is 5.94. The summed E-state index contributed by atoms with van der Waals surface area (Å²) in [5, 5.41) is 5.88. The molecule has 1 aromatic carbocycles. The topological polar surface area (TPSA) is 134 Å². The molecule has 1 aliphatic heterocycles. The zero-order valence-corrected chi connectivity index (χ0v) is 23.9. The third kappa shape index (κ3) is 8.42. The fourth-order valence-corrected chi connectivity index (χ4v) is 5.23. The van der Waals surface area contributed by atoms with Crippen LogP contribution < -0.4 is 16.4 Å². The highest BCUT2D eigenvalue weighted by Gasteiger charge is 2.43. The van der Waals surface area contributed by atoms with E-state index in [4.69, 9.17) is 10.5 Å². The van der Waals surface area contributed by atoms with Gasteiger partial charge in [-0.2, -0.15) is 0 Å². The Morgan fingerprint density at radius 3 is 2.36 bits per heavy atom. The number of amides is 4. The summed E-state index contributed by atoms with van der Waals surface area (Å²) in [6.07, 6.45) is 4.37. The second-order valence-electron chi connectivity index (χ2n) is 11.9. The van der Waals surface area contributed by atoms with Gasteiger partial charge in [0.05, 0.1) is 0 Å². The quantitative estimate of drug-likeness (QED) is 0.461. The van der Waals surface area contributed by atoms with Crippen molar-refractivity contribution in [1.29, 1.82) is 0 Å². The van der Waals surface area contributed by atoms with Crippen molar-refractivity contribution in [2.45, 2.75) is 103 Å². The van der Waals surface area contributed by atoms with Crippen LogP contribution in [0.5, 0.6) is 0 Å². The standard InChI is InChI=1S/C29H45N5O5/c1-19(33(5)28(38)39-29(2,3)4)25(35)32-24(21-14-10-7-11-15-21)27(37)34-18-22(30)16-23(34)26(36)31-17-20-12-8-6-9-13-20/h6,8-9,12-13,19,21-24H,7,10-11,14-18,30H2,1-5H3,(H,31,36)(H,32,35)/t19-,22-,23-,24-/m0/s1. The largest absolute Gasteiger partial charge is 0.444 e. The maximum absolute atomic E-state index is 14.0. The Hall–Kier alpha value is -3.14. The van der Waals surface area contributed by atoms with Gasteiger partial charge in [-0.05, 0) is 58.4 Å². The van der Waals surface area contributed by atoms with Crippen molar-refractivity contribution in [3.8, 4) is 0 Å². The van der Waals surface area contributed by atoms with Gasteiger partial charge in [-0.1, -0.05) is 49.6 Å². The fraction of sp³-hybridized carbons (Fsp3) is 0.655. The molecule has 1 aliphatic carbocycles. The summed E-state index contributed by atoms with van der Waals surface area (Å²) in [5.74, 6) is -1.05. The van der Waals surface area contributed by atoms with Gasteiger partial charge in [0, 0.05) is 26.2 Å². The number of nitrogens with two attached hydrogens (primary N) is 1. The normalized spacial score (nSPS) is 21.5. The van der Waals surface area contributed by atoms with Crippen molar-refractivity contribution in [2.24, 2.45) is 11.7 Å². The van der Waals surface area contributed by atoms with E-state index in [1.807, 2.05) is 30.3 Å². The molecule has 4 amide bonds. The second-order valence-corrected chi connectivity index (χ2v) is 11.9. The number of hydrogen-bond donors (Lipinski definition) is 3. The number of likely N-dealkylation sites (tertiary alicyclic amines) is 1. The van der Waals surface area contributed by atoms with E-state index in [-0.39, 0.29) is 30.3 Å². The molecule has 10 heteroatoms. The summed E-state index contributed by atoms with van der Waals surface area (Å²) in [5.41, 5.74) is 6.49. The fourth-order valence-electron chi connectivity index (χ4n) is 5.23. The predicted molar refractivity (Wildman–Crippen MR) is 148 cm³/mol. The molecular weight excluding hydrogens is 498 g/mol. The number of carbonyl (C=O) groups excluding carboxylic acids is 4. The Balaban J connectivity index is 1.74. The molecule has 1 heterocycles. The Bertz CT molecular complexity index is 1010. The number of carbonyl (C=O) groups is 4. The van der Waals surface area contributed by atoms with Crippen molar-refractivity contribution in [3.05, 3.63) is 35.9 Å². The average molecular weight is 544 g/mol. The minimum absolute atomic E-state index is 0.0564. The number of likely N-dealkylation sites (N-methyl/N-ethyl adjacent to an activating group) is 1. The number of benzene rings is 1. The predicted octanol–water partition coefficient (Wildman–Crippen LogP) is 2.55. The summed E-state index contributed by atoms with van der Waals surface area (Å²) < 4.78 is 5.40. The van der Waals surface area contributed by atoms with Crippen LogP contribution in [-0.4, -0.2) is 77.0 Å². The van der Waals surface area contributed by atoms with Gasteiger partial charge in [0.15, 0.2) is 0 Å². The molecule has 2 fully saturated rings. The minimum atomic E-state index is -0.857. The van der Waals surface area contributed by atoms with Gasteiger partial charge in [-0.3, -0.25) is 19.3 Å². The lowest BCUT2D eigenvalue weighted by molar-refractivity contribution is -0.143. The van der Waals surface area contributed by atoms with E-state index < -0.39 is 35.7 Å². The van der Waals surface area contributed by atoms with Gasteiger partial charge in [0.2, 0.25) is 17.7 Å². The molecule has 0 spiro atoms. The third-order valence-corrected chi connectivity index (χ3v) is 7.56. The molecule has 39 heavy (non-hydrogen) atoms. The first-order chi connectivity index (χ1) is 18.4. The lowest BCUT2D eigenvalue weighted by Gasteiger charge is -2.36. The zero-order chi connectivity index (χ0) is 28.7. The van der Waals surface area contributed by atoms with E-state index in [0.717, 1.165) is 37.7 Å². The van der Waals surface area contributed by atoms with Crippen LogP contribution in [0, 0.1) is 5.92 Å². The number of nitrogens with zero attached hydrogens (tertiary/aromatic N) is 2. The van der Waals surface area contributed by atoms with Crippen LogP contribution in [0.3, 0.4) is 0 Å². The third-order valence-electron chi connectivity index (χ3n) is 7.56. The van der Waals surface area contributed by atoms with E-state index in [1.54, 1.807) is 27.7 Å². The van der Waals surface area contributed by atoms with Crippen molar-refractivity contribution >= 4 is 23.8 Å². The minimum Gasteiger partial charge on any atom is -0.444 e. The van der Waals surface area contributed by atoms with Gasteiger partial charge in [0.25, 0.3) is 0 Å².